The highest BCUT2D eigenvalue weighted by atomic mass is 16.5. The summed E-state index contributed by atoms with van der Waals surface area (Å²) >= 11 is 0. The Morgan fingerprint density at radius 1 is 1.07 bits per heavy atom. The van der Waals surface area contributed by atoms with Crippen molar-refractivity contribution in [2.75, 3.05) is 12.4 Å². The lowest BCUT2D eigenvalue weighted by atomic mass is 9.85. The van der Waals surface area contributed by atoms with Crippen LogP contribution in [0.4, 0.5) is 11.5 Å². The van der Waals surface area contributed by atoms with Crippen molar-refractivity contribution in [1.29, 1.82) is 0 Å². The number of furan rings is 1. The third-order valence-electron chi connectivity index (χ3n) is 5.41. The third kappa shape index (κ3) is 3.26. The van der Waals surface area contributed by atoms with Crippen LogP contribution in [-0.4, -0.2) is 22.7 Å². The standard InChI is InChI=1S/C24H21N3O3/c1-29-19-10-5-7-17(15-19)25-24-23-20(27(26-24)18-8-3-2-4-9-18)13-16(14-21(23)28)22-11-6-12-30-22/h2-12,15-16H,13-14H2,1H3,(H,25,26)/t16-/m0/s1. The molecule has 1 aliphatic carbocycles. The fraction of sp³-hybridized carbons (Fsp3) is 0.167. The molecule has 0 fully saturated rings. The van der Waals surface area contributed by atoms with E-state index in [9.17, 15) is 4.79 Å². The number of anilines is 2. The summed E-state index contributed by atoms with van der Waals surface area (Å²) in [5.41, 5.74) is 3.27. The summed E-state index contributed by atoms with van der Waals surface area (Å²) in [5, 5.41) is 8.11. The van der Waals surface area contributed by atoms with Gasteiger partial charge in [0.25, 0.3) is 0 Å². The highest BCUT2D eigenvalue weighted by molar-refractivity contribution is 6.03. The Morgan fingerprint density at radius 3 is 2.70 bits per heavy atom. The van der Waals surface area contributed by atoms with Gasteiger partial charge in [0, 0.05) is 30.5 Å². The summed E-state index contributed by atoms with van der Waals surface area (Å²) in [6, 6.07) is 21.3. The molecule has 0 saturated carbocycles. The van der Waals surface area contributed by atoms with E-state index in [2.05, 4.69) is 5.32 Å². The molecule has 6 heteroatoms. The zero-order chi connectivity index (χ0) is 20.5. The Balaban J connectivity index is 1.60. The first kappa shape index (κ1) is 18.2. The normalized spacial score (nSPS) is 15.6. The van der Waals surface area contributed by atoms with Crippen LogP contribution < -0.4 is 10.1 Å². The first-order valence-corrected chi connectivity index (χ1v) is 9.88. The summed E-state index contributed by atoms with van der Waals surface area (Å²) in [6.45, 7) is 0. The number of rotatable bonds is 5. The minimum atomic E-state index is 0.00355. The lowest BCUT2D eigenvalue weighted by Crippen LogP contribution is -2.20. The predicted octanol–water partition coefficient (Wildman–Crippen LogP) is 5.13. The van der Waals surface area contributed by atoms with Gasteiger partial charge in [-0.15, -0.1) is 5.10 Å². The number of methoxy groups -OCH3 is 1. The van der Waals surface area contributed by atoms with Gasteiger partial charge in [0.15, 0.2) is 11.6 Å². The molecule has 2 aromatic carbocycles. The minimum Gasteiger partial charge on any atom is -0.497 e. The van der Waals surface area contributed by atoms with E-state index in [4.69, 9.17) is 14.3 Å². The summed E-state index contributed by atoms with van der Waals surface area (Å²) in [5.74, 6) is 2.19. The molecule has 5 rings (SSSR count). The third-order valence-corrected chi connectivity index (χ3v) is 5.41. The van der Waals surface area contributed by atoms with Crippen LogP contribution in [0.25, 0.3) is 5.69 Å². The highest BCUT2D eigenvalue weighted by Crippen LogP contribution is 2.38. The van der Waals surface area contributed by atoms with Crippen molar-refractivity contribution in [1.82, 2.24) is 9.78 Å². The molecule has 1 N–H and O–H groups in total. The number of para-hydroxylation sites is 1. The van der Waals surface area contributed by atoms with Crippen LogP contribution >= 0.6 is 0 Å². The van der Waals surface area contributed by atoms with E-state index in [1.54, 1.807) is 13.4 Å². The van der Waals surface area contributed by atoms with Crippen LogP contribution in [0.1, 0.15) is 34.2 Å². The van der Waals surface area contributed by atoms with Gasteiger partial charge in [-0.1, -0.05) is 24.3 Å². The molecule has 0 bridgehead atoms. The topological polar surface area (TPSA) is 69.3 Å². The number of carbonyl (C=O) groups is 1. The number of ketones is 1. The number of hydrogen-bond donors (Lipinski definition) is 1. The van der Waals surface area contributed by atoms with Crippen molar-refractivity contribution < 1.29 is 13.9 Å². The molecule has 0 amide bonds. The van der Waals surface area contributed by atoms with Gasteiger partial charge < -0.3 is 14.5 Å². The second-order valence-corrected chi connectivity index (χ2v) is 7.32. The maximum atomic E-state index is 13.2. The van der Waals surface area contributed by atoms with Crippen molar-refractivity contribution in [3.05, 3.63) is 90.0 Å². The van der Waals surface area contributed by atoms with Crippen LogP contribution in [0.3, 0.4) is 0 Å². The molecule has 6 nitrogen and oxygen atoms in total. The van der Waals surface area contributed by atoms with Gasteiger partial charge in [-0.05, 0) is 36.4 Å². The van der Waals surface area contributed by atoms with E-state index < -0.39 is 0 Å². The highest BCUT2D eigenvalue weighted by Gasteiger charge is 2.34. The molecular formula is C24H21N3O3. The Hall–Kier alpha value is -3.80. The monoisotopic (exact) mass is 399 g/mol. The van der Waals surface area contributed by atoms with Crippen LogP contribution in [0.2, 0.25) is 0 Å². The predicted molar refractivity (Wildman–Crippen MR) is 114 cm³/mol. The Bertz CT molecular complexity index is 1180. The average molecular weight is 399 g/mol. The van der Waals surface area contributed by atoms with Crippen LogP contribution in [0.5, 0.6) is 5.75 Å². The zero-order valence-corrected chi connectivity index (χ0v) is 16.5. The molecule has 30 heavy (non-hydrogen) atoms. The van der Waals surface area contributed by atoms with E-state index in [0.717, 1.165) is 28.6 Å². The van der Waals surface area contributed by atoms with Gasteiger partial charge in [0.05, 0.1) is 30.3 Å². The number of carbonyl (C=O) groups excluding carboxylic acids is 1. The van der Waals surface area contributed by atoms with E-state index in [1.165, 1.54) is 0 Å². The molecule has 0 spiro atoms. The van der Waals surface area contributed by atoms with Crippen molar-refractivity contribution in [2.45, 2.75) is 18.8 Å². The Kier molecular flexibility index (Phi) is 4.59. The summed E-state index contributed by atoms with van der Waals surface area (Å²) in [4.78, 5) is 13.2. The number of benzene rings is 2. The van der Waals surface area contributed by atoms with Gasteiger partial charge in [-0.3, -0.25) is 4.79 Å². The fourth-order valence-corrected chi connectivity index (χ4v) is 4.00. The number of fused-ring (bicyclic) bond motifs is 1. The zero-order valence-electron chi connectivity index (χ0n) is 16.5. The summed E-state index contributed by atoms with van der Waals surface area (Å²) < 4.78 is 12.8. The Morgan fingerprint density at radius 2 is 1.93 bits per heavy atom. The first-order chi connectivity index (χ1) is 14.7. The molecule has 1 atom stereocenters. The Labute approximate surface area is 174 Å². The average Bonchev–Trinajstić information content (AvgIpc) is 3.43. The molecule has 150 valence electrons. The number of Topliss-reactive ketones (excluding diaryl/α,β-unsaturated/α-hetero) is 1. The maximum Gasteiger partial charge on any atom is 0.169 e. The van der Waals surface area contributed by atoms with E-state index in [1.807, 2.05) is 71.4 Å². The van der Waals surface area contributed by atoms with Crippen molar-refractivity contribution in [3.8, 4) is 11.4 Å². The second kappa shape index (κ2) is 7.55. The molecule has 0 unspecified atom stereocenters. The smallest absolute Gasteiger partial charge is 0.169 e. The van der Waals surface area contributed by atoms with Crippen molar-refractivity contribution in [3.63, 3.8) is 0 Å². The number of nitrogens with zero attached hydrogens (tertiary/aromatic N) is 2. The lowest BCUT2D eigenvalue weighted by molar-refractivity contribution is 0.0960. The minimum absolute atomic E-state index is 0.00355. The van der Waals surface area contributed by atoms with Crippen LogP contribution in [0.15, 0.2) is 77.4 Å². The quantitative estimate of drug-likeness (QED) is 0.504. The molecule has 0 radical (unpaired) electrons. The van der Waals surface area contributed by atoms with Crippen LogP contribution in [0, 0.1) is 0 Å². The van der Waals surface area contributed by atoms with Crippen molar-refractivity contribution in [2.24, 2.45) is 0 Å². The number of aromatic nitrogens is 2. The maximum absolute atomic E-state index is 13.2. The van der Waals surface area contributed by atoms with Gasteiger partial charge in [0.2, 0.25) is 0 Å². The van der Waals surface area contributed by atoms with E-state index in [-0.39, 0.29) is 11.7 Å². The summed E-state index contributed by atoms with van der Waals surface area (Å²) in [7, 11) is 1.63. The molecule has 1 aliphatic rings. The largest absolute Gasteiger partial charge is 0.497 e. The van der Waals surface area contributed by atoms with Crippen LogP contribution in [-0.2, 0) is 6.42 Å². The number of nitrogens with one attached hydrogen (secondary N) is 1. The van der Waals surface area contributed by atoms with Gasteiger partial charge in [-0.2, -0.15) is 0 Å². The first-order valence-electron chi connectivity index (χ1n) is 9.88. The van der Waals surface area contributed by atoms with E-state index in [0.29, 0.717) is 24.2 Å². The second-order valence-electron chi connectivity index (χ2n) is 7.32. The molecule has 2 heterocycles. The van der Waals surface area contributed by atoms with Gasteiger partial charge in [-0.25, -0.2) is 4.68 Å². The van der Waals surface area contributed by atoms with E-state index >= 15 is 0 Å². The molecule has 4 aromatic rings. The lowest BCUT2D eigenvalue weighted by Gasteiger charge is -2.21. The van der Waals surface area contributed by atoms with Gasteiger partial charge in [0.1, 0.15) is 11.5 Å². The molecular weight excluding hydrogens is 378 g/mol. The van der Waals surface area contributed by atoms with Crippen molar-refractivity contribution >= 4 is 17.3 Å². The molecule has 0 aliphatic heterocycles. The fourth-order valence-electron chi connectivity index (χ4n) is 4.00. The SMILES string of the molecule is COc1cccc(Nc2nn(-c3ccccc3)c3c2C(=O)C[C@@H](c2ccco2)C3)c1. The van der Waals surface area contributed by atoms with Gasteiger partial charge >= 0.3 is 0 Å². The molecule has 2 aromatic heterocycles. The number of hydrogen-bond acceptors (Lipinski definition) is 5. The number of ether oxygens (including phenoxy) is 1. The molecule has 0 saturated heterocycles. The summed E-state index contributed by atoms with van der Waals surface area (Å²) in [6.07, 6.45) is 2.73.